The van der Waals surface area contributed by atoms with Gasteiger partial charge in [0.15, 0.2) is 0 Å². The van der Waals surface area contributed by atoms with Gasteiger partial charge in [0, 0.05) is 6.61 Å². The zero-order chi connectivity index (χ0) is 34.5. The monoisotopic (exact) mass is 686 g/mol. The molecule has 0 aliphatic carbocycles. The van der Waals surface area contributed by atoms with Crippen LogP contribution in [0.3, 0.4) is 0 Å². The van der Waals surface area contributed by atoms with Crippen LogP contribution in [0.1, 0.15) is 41.0 Å². The Bertz CT molecular complexity index is 635. The number of ether oxygens (including phenoxy) is 13. The van der Waals surface area contributed by atoms with Crippen LogP contribution in [0.25, 0.3) is 0 Å². The normalized spacial score (nSPS) is 12.5. The molecule has 0 fully saturated rings. The number of hydrogen-bond acceptors (Lipinski definition) is 14. The number of carbonyl (C=O) groups excluding carboxylic acids is 1. The summed E-state index contributed by atoms with van der Waals surface area (Å²) in [6, 6.07) is 0. The molecule has 0 aliphatic heterocycles. The van der Waals surface area contributed by atoms with Crippen molar-refractivity contribution in [3.8, 4) is 0 Å². The molecule has 1 unspecified atom stereocenters. The predicted octanol–water partition coefficient (Wildman–Crippen LogP) is 2.57. The van der Waals surface area contributed by atoms with Crippen molar-refractivity contribution in [2.45, 2.75) is 46.6 Å². The largest absolute Gasteiger partial charge is 0.458 e. The van der Waals surface area contributed by atoms with Crippen LogP contribution < -0.4 is 0 Å². The lowest BCUT2D eigenvalue weighted by molar-refractivity contribution is -0.160. The topological polar surface area (TPSA) is 137 Å². The van der Waals surface area contributed by atoms with Crippen molar-refractivity contribution in [2.75, 3.05) is 159 Å². The molecule has 14 nitrogen and oxygen atoms in total. The molecule has 0 N–H and O–H groups in total. The van der Waals surface area contributed by atoms with Gasteiger partial charge in [0.1, 0.15) is 12.2 Å². The summed E-state index contributed by atoms with van der Waals surface area (Å²) >= 11 is 0. The van der Waals surface area contributed by atoms with E-state index in [9.17, 15) is 4.79 Å². The van der Waals surface area contributed by atoms with Crippen molar-refractivity contribution in [3.05, 3.63) is 0 Å². The molecule has 0 aliphatic rings. The fourth-order valence-corrected chi connectivity index (χ4v) is 3.25. The van der Waals surface area contributed by atoms with E-state index in [-0.39, 0.29) is 12.6 Å². The maximum Gasteiger partial charge on any atom is 0.332 e. The molecule has 0 heterocycles. The SMILES string of the molecule is CCC(C)COCCOCCOCCOCCOCCOCCOCCOCCOCCOCCOCCOCC(=O)OC(C)(C)C. The molecule has 0 saturated carbocycles. The molecule has 0 aromatic rings. The van der Waals surface area contributed by atoms with Crippen LogP contribution >= 0.6 is 0 Å². The van der Waals surface area contributed by atoms with E-state index in [2.05, 4.69) is 13.8 Å². The van der Waals surface area contributed by atoms with Crippen molar-refractivity contribution in [3.63, 3.8) is 0 Å². The molecule has 0 spiro atoms. The van der Waals surface area contributed by atoms with Gasteiger partial charge in [-0.05, 0) is 26.7 Å². The third-order valence-corrected chi connectivity index (χ3v) is 5.83. The van der Waals surface area contributed by atoms with Gasteiger partial charge in [-0.25, -0.2) is 4.79 Å². The first-order valence-corrected chi connectivity index (χ1v) is 17.0. The minimum Gasteiger partial charge on any atom is -0.458 e. The Morgan fingerprint density at radius 1 is 0.426 bits per heavy atom. The molecule has 0 aromatic heterocycles. The van der Waals surface area contributed by atoms with E-state index in [0.717, 1.165) is 13.0 Å². The fourth-order valence-electron chi connectivity index (χ4n) is 3.25. The molecule has 0 radical (unpaired) electrons. The van der Waals surface area contributed by atoms with Crippen LogP contribution in [-0.2, 0) is 66.4 Å². The molecule has 0 rings (SSSR count). The summed E-state index contributed by atoms with van der Waals surface area (Å²) in [7, 11) is 0. The van der Waals surface area contributed by atoms with Crippen LogP contribution in [0.15, 0.2) is 0 Å². The van der Waals surface area contributed by atoms with Gasteiger partial charge in [-0.3, -0.25) is 0 Å². The Balaban J connectivity index is 3.10. The average molecular weight is 687 g/mol. The van der Waals surface area contributed by atoms with Gasteiger partial charge >= 0.3 is 5.97 Å². The number of carbonyl (C=O) groups is 1. The van der Waals surface area contributed by atoms with Gasteiger partial charge in [-0.15, -0.1) is 0 Å². The maximum absolute atomic E-state index is 11.5. The highest BCUT2D eigenvalue weighted by Crippen LogP contribution is 2.06. The quantitative estimate of drug-likeness (QED) is 0.0695. The maximum atomic E-state index is 11.5. The second-order valence-corrected chi connectivity index (χ2v) is 11.4. The standard InChI is InChI=1S/C33H66O14/c1-6-31(2)29-45-27-25-43-23-21-41-19-17-39-15-13-37-11-9-35-7-8-36-10-12-38-14-16-40-18-20-42-22-24-44-26-28-46-30-32(34)47-33(3,4)5/h31H,6-30H2,1-5H3. The molecular formula is C33H66O14. The number of rotatable bonds is 38. The van der Waals surface area contributed by atoms with Crippen molar-refractivity contribution in [1.29, 1.82) is 0 Å². The molecule has 1 atom stereocenters. The zero-order valence-electron chi connectivity index (χ0n) is 30.0. The lowest BCUT2D eigenvalue weighted by Gasteiger charge is -2.19. The highest BCUT2D eigenvalue weighted by atomic mass is 16.6. The molecule has 47 heavy (non-hydrogen) atoms. The van der Waals surface area contributed by atoms with Crippen LogP contribution in [-0.4, -0.2) is 170 Å². The Morgan fingerprint density at radius 3 is 0.894 bits per heavy atom. The summed E-state index contributed by atoms with van der Waals surface area (Å²) in [6.07, 6.45) is 1.13. The van der Waals surface area contributed by atoms with E-state index >= 15 is 0 Å². The lowest BCUT2D eigenvalue weighted by Crippen LogP contribution is -2.27. The Kier molecular flexibility index (Phi) is 35.5. The summed E-state index contributed by atoms with van der Waals surface area (Å²) in [5.41, 5.74) is -0.510. The molecular weight excluding hydrogens is 620 g/mol. The van der Waals surface area contributed by atoms with E-state index in [1.807, 2.05) is 20.8 Å². The van der Waals surface area contributed by atoms with Gasteiger partial charge in [0.2, 0.25) is 0 Å². The Hall–Kier alpha value is -1.01. The van der Waals surface area contributed by atoms with E-state index in [0.29, 0.717) is 151 Å². The summed E-state index contributed by atoms with van der Waals surface area (Å²) in [5, 5.41) is 0. The second-order valence-electron chi connectivity index (χ2n) is 11.4. The third kappa shape index (κ3) is 41.1. The summed E-state index contributed by atoms with van der Waals surface area (Å²) in [4.78, 5) is 11.5. The average Bonchev–Trinajstić information content (AvgIpc) is 3.03. The van der Waals surface area contributed by atoms with Crippen LogP contribution in [0.4, 0.5) is 0 Å². The lowest BCUT2D eigenvalue weighted by atomic mass is 10.1. The molecule has 0 bridgehead atoms. The van der Waals surface area contributed by atoms with Crippen LogP contribution in [0, 0.1) is 5.92 Å². The minimum absolute atomic E-state index is 0.0825. The highest BCUT2D eigenvalue weighted by Gasteiger charge is 2.15. The highest BCUT2D eigenvalue weighted by molar-refractivity contribution is 5.71. The van der Waals surface area contributed by atoms with Crippen molar-refractivity contribution in [1.82, 2.24) is 0 Å². The van der Waals surface area contributed by atoms with E-state index in [4.69, 9.17) is 61.6 Å². The van der Waals surface area contributed by atoms with Crippen LogP contribution in [0.5, 0.6) is 0 Å². The Morgan fingerprint density at radius 2 is 0.660 bits per heavy atom. The van der Waals surface area contributed by atoms with Gasteiger partial charge < -0.3 is 61.6 Å². The number of esters is 1. The molecule has 282 valence electrons. The Labute approximate surface area is 283 Å². The van der Waals surface area contributed by atoms with Gasteiger partial charge in [0.25, 0.3) is 0 Å². The van der Waals surface area contributed by atoms with Crippen molar-refractivity contribution < 1.29 is 66.4 Å². The smallest absolute Gasteiger partial charge is 0.332 e. The first kappa shape index (κ1) is 46.0. The first-order chi connectivity index (χ1) is 22.8. The predicted molar refractivity (Wildman–Crippen MR) is 175 cm³/mol. The summed E-state index contributed by atoms with van der Waals surface area (Å²) in [5.74, 6) is 0.208. The van der Waals surface area contributed by atoms with E-state index in [1.165, 1.54) is 0 Å². The van der Waals surface area contributed by atoms with Gasteiger partial charge in [-0.1, -0.05) is 20.3 Å². The van der Waals surface area contributed by atoms with Gasteiger partial charge in [0.05, 0.1) is 145 Å². The van der Waals surface area contributed by atoms with Crippen LogP contribution in [0.2, 0.25) is 0 Å². The summed E-state index contributed by atoms with van der Waals surface area (Å²) in [6.45, 7) is 21.4. The second kappa shape index (κ2) is 36.3. The first-order valence-electron chi connectivity index (χ1n) is 17.0. The molecule has 0 saturated heterocycles. The molecule has 0 aromatic carbocycles. The van der Waals surface area contributed by atoms with E-state index < -0.39 is 5.60 Å². The molecule has 0 amide bonds. The molecule has 14 heteroatoms. The van der Waals surface area contributed by atoms with E-state index in [1.54, 1.807) is 0 Å². The minimum atomic E-state index is -0.510. The van der Waals surface area contributed by atoms with Crippen molar-refractivity contribution >= 4 is 5.97 Å². The number of hydrogen-bond donors (Lipinski definition) is 0. The zero-order valence-corrected chi connectivity index (χ0v) is 30.0. The summed E-state index contributed by atoms with van der Waals surface area (Å²) < 4.78 is 70.5. The fraction of sp³-hybridized carbons (Fsp3) is 0.970. The van der Waals surface area contributed by atoms with Crippen molar-refractivity contribution in [2.24, 2.45) is 5.92 Å². The third-order valence-electron chi connectivity index (χ3n) is 5.83. The van der Waals surface area contributed by atoms with Gasteiger partial charge in [-0.2, -0.15) is 0 Å².